The number of nitrogens with two attached hydrogens (primary N) is 1. The van der Waals surface area contributed by atoms with Crippen LogP contribution < -0.4 is 11.4 Å². The van der Waals surface area contributed by atoms with Crippen LogP contribution in [0, 0.1) is 0 Å². The van der Waals surface area contributed by atoms with E-state index in [1.54, 1.807) is 48.5 Å². The first-order chi connectivity index (χ1) is 18.4. The zero-order valence-corrected chi connectivity index (χ0v) is 21.0. The van der Waals surface area contributed by atoms with Crippen molar-refractivity contribution in [1.29, 1.82) is 0 Å². The van der Waals surface area contributed by atoms with Crippen LogP contribution in [0.15, 0.2) is 77.7 Å². The van der Waals surface area contributed by atoms with Crippen LogP contribution in [0.1, 0.15) is 11.1 Å². The molecule has 0 spiro atoms. The fourth-order valence-electron chi connectivity index (χ4n) is 3.76. The SMILES string of the molecule is Nc1ccn(CC2S[C@H](COC(=O)OCc3ccccc3)[C@@H](OC(=O)OCc3ccccc3)[C@@H]2F)c(=O)n1. The Morgan fingerprint density at radius 2 is 1.50 bits per heavy atom. The molecule has 1 aromatic heterocycles. The molecule has 2 aromatic carbocycles. The van der Waals surface area contributed by atoms with Crippen LogP contribution in [0.2, 0.25) is 0 Å². The van der Waals surface area contributed by atoms with Gasteiger partial charge in [-0.2, -0.15) is 4.98 Å². The van der Waals surface area contributed by atoms with Gasteiger partial charge in [0.1, 0.15) is 25.6 Å². The van der Waals surface area contributed by atoms with E-state index < -0.39 is 40.8 Å². The lowest BCUT2D eigenvalue weighted by Crippen LogP contribution is -2.38. The van der Waals surface area contributed by atoms with E-state index in [0.29, 0.717) is 0 Å². The van der Waals surface area contributed by atoms with Crippen molar-refractivity contribution in [3.63, 3.8) is 0 Å². The Morgan fingerprint density at radius 3 is 2.11 bits per heavy atom. The van der Waals surface area contributed by atoms with Gasteiger partial charge in [-0.1, -0.05) is 60.7 Å². The third-order valence-corrected chi connectivity index (χ3v) is 7.17. The largest absolute Gasteiger partial charge is 0.509 e. The van der Waals surface area contributed by atoms with E-state index in [1.807, 2.05) is 12.1 Å². The lowest BCUT2D eigenvalue weighted by Gasteiger charge is -2.20. The molecule has 0 saturated carbocycles. The number of rotatable bonds is 9. The van der Waals surface area contributed by atoms with E-state index in [4.69, 9.17) is 24.7 Å². The number of hydrogen-bond donors (Lipinski definition) is 1. The maximum absolute atomic E-state index is 15.5. The number of halogens is 1. The maximum Gasteiger partial charge on any atom is 0.509 e. The molecule has 38 heavy (non-hydrogen) atoms. The Hall–Kier alpha value is -4.06. The highest BCUT2D eigenvalue weighted by molar-refractivity contribution is 8.00. The van der Waals surface area contributed by atoms with Gasteiger partial charge >= 0.3 is 18.0 Å². The van der Waals surface area contributed by atoms with Crippen molar-refractivity contribution in [2.45, 2.75) is 42.5 Å². The monoisotopic (exact) mass is 543 g/mol. The molecule has 1 aliphatic heterocycles. The van der Waals surface area contributed by atoms with E-state index in [9.17, 15) is 14.4 Å². The first-order valence-electron chi connectivity index (χ1n) is 11.7. The van der Waals surface area contributed by atoms with E-state index in [2.05, 4.69) is 4.98 Å². The van der Waals surface area contributed by atoms with Crippen molar-refractivity contribution < 1.29 is 32.9 Å². The van der Waals surface area contributed by atoms with E-state index in [-0.39, 0.29) is 32.2 Å². The van der Waals surface area contributed by atoms with Crippen molar-refractivity contribution in [2.75, 3.05) is 12.3 Å². The minimum atomic E-state index is -1.69. The van der Waals surface area contributed by atoms with Gasteiger partial charge in [-0.15, -0.1) is 11.8 Å². The van der Waals surface area contributed by atoms with E-state index in [0.717, 1.165) is 22.9 Å². The van der Waals surface area contributed by atoms with Crippen molar-refractivity contribution in [2.24, 2.45) is 0 Å². The number of alkyl halides is 1. The topological polar surface area (TPSA) is 132 Å². The number of nitrogens with zero attached hydrogens (tertiary/aromatic N) is 2. The zero-order valence-electron chi connectivity index (χ0n) is 20.2. The summed E-state index contributed by atoms with van der Waals surface area (Å²) in [7, 11) is 0. The Kier molecular flexibility index (Phi) is 9.20. The second-order valence-electron chi connectivity index (χ2n) is 8.39. The van der Waals surface area contributed by atoms with Crippen LogP contribution in [-0.2, 0) is 38.7 Å². The van der Waals surface area contributed by atoms with Crippen LogP contribution in [0.3, 0.4) is 0 Å². The van der Waals surface area contributed by atoms with Crippen LogP contribution in [0.25, 0.3) is 0 Å². The average molecular weight is 544 g/mol. The molecule has 0 bridgehead atoms. The molecule has 10 nitrogen and oxygen atoms in total. The van der Waals surface area contributed by atoms with Gasteiger partial charge in [-0.05, 0) is 17.2 Å². The van der Waals surface area contributed by atoms with Gasteiger partial charge in [0.25, 0.3) is 0 Å². The molecule has 2 heterocycles. The van der Waals surface area contributed by atoms with Crippen molar-refractivity contribution in [3.8, 4) is 0 Å². The molecular formula is C26H26FN3O7S. The van der Waals surface area contributed by atoms with Gasteiger partial charge < -0.3 is 24.7 Å². The summed E-state index contributed by atoms with van der Waals surface area (Å²) >= 11 is 1.09. The molecule has 1 saturated heterocycles. The van der Waals surface area contributed by atoms with Gasteiger partial charge in [0.15, 0.2) is 12.3 Å². The van der Waals surface area contributed by atoms with Gasteiger partial charge in [0.2, 0.25) is 0 Å². The molecule has 1 unspecified atom stereocenters. The van der Waals surface area contributed by atoms with Gasteiger partial charge in [0, 0.05) is 12.7 Å². The molecule has 4 atom stereocenters. The van der Waals surface area contributed by atoms with Crippen LogP contribution in [0.5, 0.6) is 0 Å². The second kappa shape index (κ2) is 13.0. The lowest BCUT2D eigenvalue weighted by atomic mass is 10.1. The lowest BCUT2D eigenvalue weighted by molar-refractivity contribution is -0.0162. The summed E-state index contributed by atoms with van der Waals surface area (Å²) in [4.78, 5) is 40.3. The highest BCUT2D eigenvalue weighted by atomic mass is 32.2. The molecule has 3 aromatic rings. The second-order valence-corrected chi connectivity index (χ2v) is 9.87. The number of anilines is 1. The third kappa shape index (κ3) is 7.48. The minimum absolute atomic E-state index is 0.00460. The molecule has 0 aliphatic carbocycles. The van der Waals surface area contributed by atoms with Crippen LogP contribution >= 0.6 is 11.8 Å². The number of carbonyl (C=O) groups is 2. The van der Waals surface area contributed by atoms with Crippen LogP contribution in [-0.4, -0.2) is 51.2 Å². The Labute approximate surface area is 221 Å². The maximum atomic E-state index is 15.5. The Bertz CT molecular complexity index is 1280. The Balaban J connectivity index is 1.38. The predicted octanol–water partition coefficient (Wildman–Crippen LogP) is 3.72. The molecule has 200 valence electrons. The van der Waals surface area contributed by atoms with Crippen molar-refractivity contribution >= 4 is 29.9 Å². The normalized spacial score (nSPS) is 20.4. The molecule has 0 radical (unpaired) electrons. The number of ether oxygens (including phenoxy) is 4. The third-order valence-electron chi connectivity index (χ3n) is 5.65. The molecule has 4 rings (SSSR count). The number of carbonyl (C=O) groups excluding carboxylic acids is 2. The summed E-state index contributed by atoms with van der Waals surface area (Å²) in [6.45, 7) is -0.406. The quantitative estimate of drug-likeness (QED) is 0.398. The molecular weight excluding hydrogens is 517 g/mol. The number of nitrogen functional groups attached to an aromatic ring is 1. The highest BCUT2D eigenvalue weighted by Gasteiger charge is 2.48. The smallest absolute Gasteiger partial charge is 0.433 e. The molecule has 1 aliphatic rings. The first-order valence-corrected chi connectivity index (χ1v) is 12.7. The Morgan fingerprint density at radius 1 is 0.895 bits per heavy atom. The van der Waals surface area contributed by atoms with Crippen molar-refractivity contribution in [3.05, 3.63) is 94.5 Å². The summed E-state index contributed by atoms with van der Waals surface area (Å²) < 4.78 is 37.5. The fraction of sp³-hybridized carbons (Fsp3) is 0.308. The fourth-order valence-corrected chi connectivity index (χ4v) is 5.27. The zero-order chi connectivity index (χ0) is 26.9. The van der Waals surface area contributed by atoms with Gasteiger partial charge in [-0.25, -0.2) is 18.8 Å². The molecule has 12 heteroatoms. The minimum Gasteiger partial charge on any atom is -0.433 e. The highest BCUT2D eigenvalue weighted by Crippen LogP contribution is 2.39. The summed E-state index contributed by atoms with van der Waals surface area (Å²) in [5, 5.41) is -1.58. The van der Waals surface area contributed by atoms with E-state index in [1.165, 1.54) is 16.8 Å². The number of hydrogen-bond acceptors (Lipinski definition) is 10. The number of thioether (sulfide) groups is 1. The number of benzene rings is 2. The van der Waals surface area contributed by atoms with Crippen LogP contribution in [0.4, 0.5) is 19.8 Å². The summed E-state index contributed by atoms with van der Waals surface area (Å²) in [6, 6.07) is 19.4. The van der Waals surface area contributed by atoms with Crippen molar-refractivity contribution in [1.82, 2.24) is 9.55 Å². The molecule has 2 N–H and O–H groups in total. The number of aromatic nitrogens is 2. The standard InChI is InChI=1S/C26H26FN3O7S/c27-22-19(13-30-12-11-21(28)29-24(30)31)38-20(16-36-25(32)34-14-17-7-3-1-4-8-17)23(22)37-26(33)35-15-18-9-5-2-6-10-18/h1-12,19-20,22-23H,13-16H2,(H2,28,29,31)/t19?,20-,22-,23-/m1/s1. The van der Waals surface area contributed by atoms with E-state index >= 15 is 4.39 Å². The average Bonchev–Trinajstić information content (AvgIpc) is 3.21. The molecule has 0 amide bonds. The first kappa shape index (κ1) is 27.0. The summed E-state index contributed by atoms with van der Waals surface area (Å²) in [5.74, 6) is 0.0461. The predicted molar refractivity (Wildman–Crippen MR) is 137 cm³/mol. The van der Waals surface area contributed by atoms with Gasteiger partial charge in [-0.3, -0.25) is 4.57 Å². The summed E-state index contributed by atoms with van der Waals surface area (Å²) in [6.07, 6.45) is -3.59. The summed E-state index contributed by atoms with van der Waals surface area (Å²) in [5.41, 5.74) is 6.39. The van der Waals surface area contributed by atoms with Gasteiger partial charge in [0.05, 0.1) is 10.5 Å². The molecule has 1 fully saturated rings.